The average molecular weight is 463 g/mol. The van der Waals surface area contributed by atoms with Crippen molar-refractivity contribution >= 4 is 11.6 Å². The third kappa shape index (κ3) is 5.57. The number of aryl methyl sites for hydroxylation is 2. The van der Waals surface area contributed by atoms with Crippen molar-refractivity contribution in [3.63, 3.8) is 0 Å². The molecular formula is C27H34N4O3. The molecule has 7 nitrogen and oxygen atoms in total. The Morgan fingerprint density at radius 3 is 2.71 bits per heavy atom. The first-order valence-corrected chi connectivity index (χ1v) is 12.8. The van der Waals surface area contributed by atoms with Crippen molar-refractivity contribution in [1.82, 2.24) is 15.1 Å². The molecule has 2 aliphatic carbocycles. The zero-order valence-corrected chi connectivity index (χ0v) is 20.0. The smallest absolute Gasteiger partial charge is 0.258 e. The fraction of sp³-hybridized carbons (Fsp3) is 0.556. The van der Waals surface area contributed by atoms with E-state index < -0.39 is 0 Å². The highest BCUT2D eigenvalue weighted by atomic mass is 16.5. The van der Waals surface area contributed by atoms with Crippen LogP contribution in [0.15, 0.2) is 39.4 Å². The number of amides is 1. The Kier molecular flexibility index (Phi) is 7.07. The van der Waals surface area contributed by atoms with E-state index in [9.17, 15) is 4.79 Å². The molecule has 2 aromatic heterocycles. The quantitative estimate of drug-likeness (QED) is 0.332. The van der Waals surface area contributed by atoms with Crippen molar-refractivity contribution in [2.45, 2.75) is 83.5 Å². The van der Waals surface area contributed by atoms with E-state index >= 15 is 0 Å². The first-order valence-electron chi connectivity index (χ1n) is 12.8. The number of rotatable bonds is 10. The minimum absolute atomic E-state index is 0.123. The number of aromatic nitrogens is 3. The predicted octanol–water partition coefficient (Wildman–Crippen LogP) is 6.24. The number of unbranched alkanes of at least 4 members (excludes halogenated alkanes) is 2. The second kappa shape index (κ2) is 10.5. The molecule has 0 N–H and O–H groups in total. The summed E-state index contributed by atoms with van der Waals surface area (Å²) in [5.41, 5.74) is 1.79. The molecule has 0 radical (unpaired) electrons. The van der Waals surface area contributed by atoms with Crippen molar-refractivity contribution in [3.05, 3.63) is 47.9 Å². The van der Waals surface area contributed by atoms with Gasteiger partial charge in [0.15, 0.2) is 11.7 Å². The molecular weight excluding hydrogens is 428 g/mol. The molecule has 0 atom stereocenters. The summed E-state index contributed by atoms with van der Waals surface area (Å²) < 4.78 is 11.1. The zero-order chi connectivity index (χ0) is 23.3. The van der Waals surface area contributed by atoms with Crippen LogP contribution in [0.5, 0.6) is 0 Å². The average Bonchev–Trinajstić information content (AvgIpc) is 3.45. The molecule has 180 valence electrons. The lowest BCUT2D eigenvalue weighted by atomic mass is 9.88. The molecule has 7 heteroatoms. The summed E-state index contributed by atoms with van der Waals surface area (Å²) in [5, 5.41) is 4.15. The third-order valence-electron chi connectivity index (χ3n) is 6.95. The van der Waals surface area contributed by atoms with Crippen molar-refractivity contribution in [1.29, 1.82) is 0 Å². The predicted molar refractivity (Wildman–Crippen MR) is 129 cm³/mol. The van der Waals surface area contributed by atoms with Gasteiger partial charge in [0.1, 0.15) is 5.76 Å². The molecule has 0 unspecified atom stereocenters. The van der Waals surface area contributed by atoms with Crippen LogP contribution < -0.4 is 4.90 Å². The van der Waals surface area contributed by atoms with E-state index in [1.54, 1.807) is 6.20 Å². The standard InChI is InChI=1S/C27H34N4O3/c1-19-18-28-24(33-19)13-6-3-7-16-31(27(32)21-9-4-2-5-10-21)23-12-8-11-22(17-23)26-29-25(30-34-26)20-14-15-20/h8,11-12,17-18,20-21H,2-7,9-10,13-16H2,1H3. The molecule has 1 aromatic carbocycles. The monoisotopic (exact) mass is 462 g/mol. The number of carbonyl (C=O) groups excluding carboxylic acids is 1. The summed E-state index contributed by atoms with van der Waals surface area (Å²) in [6, 6.07) is 8.02. The minimum atomic E-state index is 0.123. The number of benzene rings is 1. The van der Waals surface area contributed by atoms with E-state index in [0.717, 1.165) is 92.9 Å². The van der Waals surface area contributed by atoms with Gasteiger partial charge in [-0.25, -0.2) is 4.98 Å². The van der Waals surface area contributed by atoms with Gasteiger partial charge in [-0.3, -0.25) is 4.79 Å². The van der Waals surface area contributed by atoms with E-state index in [-0.39, 0.29) is 11.8 Å². The molecule has 34 heavy (non-hydrogen) atoms. The minimum Gasteiger partial charge on any atom is -0.446 e. The molecule has 0 aliphatic heterocycles. The van der Waals surface area contributed by atoms with Gasteiger partial charge in [0.05, 0.1) is 6.20 Å². The van der Waals surface area contributed by atoms with Crippen LogP contribution in [0.3, 0.4) is 0 Å². The van der Waals surface area contributed by atoms with E-state index in [2.05, 4.69) is 15.1 Å². The van der Waals surface area contributed by atoms with Gasteiger partial charge in [0.25, 0.3) is 5.89 Å². The Hall–Kier alpha value is -2.96. The van der Waals surface area contributed by atoms with Crippen LogP contribution in [0.25, 0.3) is 11.5 Å². The second-order valence-electron chi connectivity index (χ2n) is 9.78. The van der Waals surface area contributed by atoms with E-state index in [4.69, 9.17) is 8.94 Å². The lowest BCUT2D eigenvalue weighted by Crippen LogP contribution is -2.38. The largest absolute Gasteiger partial charge is 0.446 e. The van der Waals surface area contributed by atoms with Gasteiger partial charge < -0.3 is 13.8 Å². The van der Waals surface area contributed by atoms with Crippen LogP contribution in [-0.4, -0.2) is 27.6 Å². The Morgan fingerprint density at radius 1 is 1.09 bits per heavy atom. The van der Waals surface area contributed by atoms with Gasteiger partial charge in [0.2, 0.25) is 5.91 Å². The van der Waals surface area contributed by atoms with Gasteiger partial charge in [-0.1, -0.05) is 36.9 Å². The summed E-state index contributed by atoms with van der Waals surface area (Å²) in [5.74, 6) is 3.81. The van der Waals surface area contributed by atoms with Crippen molar-refractivity contribution < 1.29 is 13.7 Å². The molecule has 2 fully saturated rings. The fourth-order valence-electron chi connectivity index (χ4n) is 4.84. The maximum atomic E-state index is 13.6. The van der Waals surface area contributed by atoms with Crippen LogP contribution >= 0.6 is 0 Å². The molecule has 1 amide bonds. The van der Waals surface area contributed by atoms with E-state index in [1.807, 2.05) is 36.1 Å². The summed E-state index contributed by atoms with van der Waals surface area (Å²) in [4.78, 5) is 24.5. The number of hydrogen-bond acceptors (Lipinski definition) is 6. The SMILES string of the molecule is Cc1cnc(CCCCCN(C(=O)C2CCCCC2)c2cccc(-c3nc(C4CC4)no3)c2)o1. The third-order valence-corrected chi connectivity index (χ3v) is 6.95. The van der Waals surface area contributed by atoms with Crippen molar-refractivity contribution in [2.75, 3.05) is 11.4 Å². The Morgan fingerprint density at radius 2 is 1.94 bits per heavy atom. The number of carbonyl (C=O) groups is 1. The Bertz CT molecular complexity index is 1090. The van der Waals surface area contributed by atoms with Crippen LogP contribution in [-0.2, 0) is 11.2 Å². The van der Waals surface area contributed by atoms with Crippen LogP contribution in [0.1, 0.15) is 87.6 Å². The fourth-order valence-corrected chi connectivity index (χ4v) is 4.84. The maximum absolute atomic E-state index is 13.6. The summed E-state index contributed by atoms with van der Waals surface area (Å²) in [7, 11) is 0. The molecule has 2 aliphatic rings. The lowest BCUT2D eigenvalue weighted by molar-refractivity contribution is -0.123. The second-order valence-corrected chi connectivity index (χ2v) is 9.78. The highest BCUT2D eigenvalue weighted by Gasteiger charge is 2.30. The van der Waals surface area contributed by atoms with Gasteiger partial charge in [-0.15, -0.1) is 0 Å². The molecule has 0 saturated heterocycles. The highest BCUT2D eigenvalue weighted by Crippen LogP contribution is 2.39. The zero-order valence-electron chi connectivity index (χ0n) is 20.0. The van der Waals surface area contributed by atoms with Crippen LogP contribution in [0.4, 0.5) is 5.69 Å². The topological polar surface area (TPSA) is 85.3 Å². The Labute approximate surface area is 200 Å². The van der Waals surface area contributed by atoms with Crippen LogP contribution in [0.2, 0.25) is 0 Å². The molecule has 2 heterocycles. The number of anilines is 1. The first-order chi connectivity index (χ1) is 16.7. The summed E-state index contributed by atoms with van der Waals surface area (Å²) in [6.45, 7) is 2.63. The van der Waals surface area contributed by atoms with Gasteiger partial charge >= 0.3 is 0 Å². The molecule has 0 bridgehead atoms. The van der Waals surface area contributed by atoms with Gasteiger partial charge in [-0.2, -0.15) is 4.98 Å². The van der Waals surface area contributed by atoms with E-state index in [1.165, 1.54) is 6.42 Å². The van der Waals surface area contributed by atoms with Gasteiger partial charge in [-0.05, 0) is 63.6 Å². The number of nitrogens with zero attached hydrogens (tertiary/aromatic N) is 4. The molecule has 2 saturated carbocycles. The number of hydrogen-bond donors (Lipinski definition) is 0. The first kappa shape index (κ1) is 22.8. The number of oxazole rings is 1. The molecule has 3 aromatic rings. The van der Waals surface area contributed by atoms with Crippen molar-refractivity contribution in [2.24, 2.45) is 5.92 Å². The Balaban J connectivity index is 1.27. The summed E-state index contributed by atoms with van der Waals surface area (Å²) >= 11 is 0. The molecule has 0 spiro atoms. The van der Waals surface area contributed by atoms with E-state index in [0.29, 0.717) is 18.4 Å². The highest BCUT2D eigenvalue weighted by molar-refractivity contribution is 5.95. The van der Waals surface area contributed by atoms with Crippen LogP contribution in [0, 0.1) is 12.8 Å². The normalized spacial score (nSPS) is 16.6. The van der Waals surface area contributed by atoms with Crippen molar-refractivity contribution in [3.8, 4) is 11.5 Å². The molecule has 5 rings (SSSR count). The van der Waals surface area contributed by atoms with Gasteiger partial charge in [0, 0.05) is 36.1 Å². The summed E-state index contributed by atoms with van der Waals surface area (Å²) in [6.07, 6.45) is 13.3. The lowest BCUT2D eigenvalue weighted by Gasteiger charge is -2.29. The maximum Gasteiger partial charge on any atom is 0.258 e.